The Labute approximate surface area is 194 Å². The van der Waals surface area contributed by atoms with Crippen molar-refractivity contribution in [3.05, 3.63) is 75.9 Å². The summed E-state index contributed by atoms with van der Waals surface area (Å²) in [4.78, 5) is 38.2. The molecule has 0 bridgehead atoms. The standard InChI is InChI=1S/C24H23FN2O5S/c1-4-32-24(30)20-14(2)21(22(29)26-18-8-6-5-7-17(18)25)33-23(20)27-19(28)13-15-9-11-16(31-3)12-10-15/h5-12H,4,13H2,1-3H3,(H,26,29)(H,27,28). The highest BCUT2D eigenvalue weighted by Gasteiger charge is 2.27. The fraction of sp³-hybridized carbons (Fsp3) is 0.208. The zero-order valence-corrected chi connectivity index (χ0v) is 19.2. The van der Waals surface area contributed by atoms with Gasteiger partial charge in [0, 0.05) is 0 Å². The third-order valence-electron chi connectivity index (χ3n) is 4.73. The first-order valence-corrected chi connectivity index (χ1v) is 10.9. The van der Waals surface area contributed by atoms with E-state index in [0.29, 0.717) is 11.3 Å². The number of rotatable bonds is 8. The molecule has 0 saturated carbocycles. The van der Waals surface area contributed by atoms with Crippen LogP contribution in [0, 0.1) is 12.7 Å². The van der Waals surface area contributed by atoms with Gasteiger partial charge in [-0.2, -0.15) is 0 Å². The molecule has 1 heterocycles. The molecule has 0 aliphatic rings. The molecule has 3 rings (SSSR count). The van der Waals surface area contributed by atoms with Gasteiger partial charge in [0.05, 0.1) is 36.3 Å². The maximum Gasteiger partial charge on any atom is 0.341 e. The Hall–Kier alpha value is -3.72. The monoisotopic (exact) mass is 470 g/mol. The van der Waals surface area contributed by atoms with E-state index in [2.05, 4.69) is 10.6 Å². The minimum absolute atomic E-state index is 0.0121. The second-order valence-electron chi connectivity index (χ2n) is 6.99. The smallest absolute Gasteiger partial charge is 0.341 e. The van der Waals surface area contributed by atoms with Crippen LogP contribution in [0.1, 0.15) is 38.1 Å². The number of ether oxygens (including phenoxy) is 2. The Morgan fingerprint density at radius 3 is 2.36 bits per heavy atom. The summed E-state index contributed by atoms with van der Waals surface area (Å²) in [5, 5.41) is 5.41. The molecule has 2 aromatic carbocycles. The fourth-order valence-electron chi connectivity index (χ4n) is 3.11. The fourth-order valence-corrected chi connectivity index (χ4v) is 4.21. The van der Waals surface area contributed by atoms with Crippen LogP contribution < -0.4 is 15.4 Å². The minimum Gasteiger partial charge on any atom is -0.497 e. The number of esters is 1. The normalized spacial score (nSPS) is 10.4. The van der Waals surface area contributed by atoms with Crippen LogP contribution in [-0.2, 0) is 16.0 Å². The van der Waals surface area contributed by atoms with Gasteiger partial charge in [-0.25, -0.2) is 9.18 Å². The lowest BCUT2D eigenvalue weighted by Gasteiger charge is -2.08. The van der Waals surface area contributed by atoms with E-state index in [0.717, 1.165) is 16.9 Å². The summed E-state index contributed by atoms with van der Waals surface area (Å²) < 4.78 is 24.2. The average molecular weight is 471 g/mol. The van der Waals surface area contributed by atoms with Crippen molar-refractivity contribution >= 4 is 39.8 Å². The summed E-state index contributed by atoms with van der Waals surface area (Å²) in [6.45, 7) is 3.37. The third kappa shape index (κ3) is 5.75. The number of carbonyl (C=O) groups is 3. The molecular formula is C24H23FN2O5S. The van der Waals surface area contributed by atoms with Gasteiger partial charge in [0.1, 0.15) is 16.6 Å². The van der Waals surface area contributed by atoms with Crippen LogP contribution in [0.3, 0.4) is 0 Å². The lowest BCUT2D eigenvalue weighted by Crippen LogP contribution is -2.16. The first-order valence-electron chi connectivity index (χ1n) is 10.1. The maximum absolute atomic E-state index is 14.0. The number of anilines is 2. The van der Waals surface area contributed by atoms with Gasteiger partial charge >= 0.3 is 5.97 Å². The van der Waals surface area contributed by atoms with E-state index in [9.17, 15) is 18.8 Å². The predicted octanol–water partition coefficient (Wildman–Crippen LogP) is 4.81. The van der Waals surface area contributed by atoms with E-state index in [1.807, 2.05) is 0 Å². The molecule has 172 valence electrons. The summed E-state index contributed by atoms with van der Waals surface area (Å²) >= 11 is 0.931. The number of hydrogen-bond acceptors (Lipinski definition) is 6. The van der Waals surface area contributed by atoms with E-state index in [4.69, 9.17) is 9.47 Å². The number of para-hydroxylation sites is 1. The molecular weight excluding hydrogens is 447 g/mol. The number of benzene rings is 2. The number of thiophene rings is 1. The van der Waals surface area contributed by atoms with Crippen molar-refractivity contribution in [2.24, 2.45) is 0 Å². The van der Waals surface area contributed by atoms with Crippen LogP contribution in [0.4, 0.5) is 15.1 Å². The molecule has 0 fully saturated rings. The summed E-state index contributed by atoms with van der Waals surface area (Å²) in [6.07, 6.45) is 0.0555. The molecule has 9 heteroatoms. The van der Waals surface area contributed by atoms with Gasteiger partial charge in [0.2, 0.25) is 5.91 Å². The zero-order chi connectivity index (χ0) is 24.0. The quantitative estimate of drug-likeness (QED) is 0.461. The lowest BCUT2D eigenvalue weighted by molar-refractivity contribution is -0.115. The molecule has 2 N–H and O–H groups in total. The Morgan fingerprint density at radius 2 is 1.73 bits per heavy atom. The Morgan fingerprint density at radius 1 is 1.03 bits per heavy atom. The van der Waals surface area contributed by atoms with Crippen LogP contribution in [0.15, 0.2) is 48.5 Å². The summed E-state index contributed by atoms with van der Waals surface area (Å²) in [6, 6.07) is 12.8. The molecule has 0 unspecified atom stereocenters. The van der Waals surface area contributed by atoms with Crippen molar-refractivity contribution in [3.8, 4) is 5.75 Å². The number of methoxy groups -OCH3 is 1. The van der Waals surface area contributed by atoms with E-state index in [-0.39, 0.29) is 40.1 Å². The molecule has 33 heavy (non-hydrogen) atoms. The zero-order valence-electron chi connectivity index (χ0n) is 18.4. The van der Waals surface area contributed by atoms with Gasteiger partial charge in [-0.15, -0.1) is 11.3 Å². The summed E-state index contributed by atoms with van der Waals surface area (Å²) in [5.41, 5.74) is 1.20. The predicted molar refractivity (Wildman–Crippen MR) is 125 cm³/mol. The molecule has 2 amide bonds. The van der Waals surface area contributed by atoms with Crippen molar-refractivity contribution in [1.29, 1.82) is 0 Å². The second-order valence-corrected chi connectivity index (χ2v) is 8.01. The molecule has 0 aliphatic heterocycles. The number of nitrogens with one attached hydrogen (secondary N) is 2. The molecule has 0 saturated heterocycles. The van der Waals surface area contributed by atoms with E-state index in [1.165, 1.54) is 18.2 Å². The topological polar surface area (TPSA) is 93.7 Å². The van der Waals surface area contributed by atoms with Crippen LogP contribution in [0.2, 0.25) is 0 Å². The van der Waals surface area contributed by atoms with Crippen molar-refractivity contribution < 1.29 is 28.2 Å². The molecule has 3 aromatic rings. The van der Waals surface area contributed by atoms with Crippen molar-refractivity contribution in [3.63, 3.8) is 0 Å². The molecule has 0 radical (unpaired) electrons. The van der Waals surface area contributed by atoms with Gasteiger partial charge in [-0.1, -0.05) is 24.3 Å². The molecule has 0 aliphatic carbocycles. The summed E-state index contributed by atoms with van der Waals surface area (Å²) in [5.74, 6) is -1.53. The molecule has 7 nitrogen and oxygen atoms in total. The van der Waals surface area contributed by atoms with Crippen LogP contribution in [0.5, 0.6) is 5.75 Å². The van der Waals surface area contributed by atoms with E-state index < -0.39 is 17.7 Å². The first-order chi connectivity index (χ1) is 15.8. The van der Waals surface area contributed by atoms with Gasteiger partial charge in [-0.05, 0) is 49.2 Å². The third-order valence-corrected chi connectivity index (χ3v) is 5.94. The van der Waals surface area contributed by atoms with Gasteiger partial charge < -0.3 is 20.1 Å². The highest BCUT2D eigenvalue weighted by atomic mass is 32.1. The number of amides is 2. The van der Waals surface area contributed by atoms with Crippen LogP contribution in [-0.4, -0.2) is 31.5 Å². The molecule has 0 spiro atoms. The Bertz CT molecular complexity index is 1170. The first kappa shape index (κ1) is 23.9. The van der Waals surface area contributed by atoms with Gasteiger partial charge in [-0.3, -0.25) is 9.59 Å². The SMILES string of the molecule is CCOC(=O)c1c(NC(=O)Cc2ccc(OC)cc2)sc(C(=O)Nc2ccccc2F)c1C. The molecule has 1 aromatic heterocycles. The van der Waals surface area contributed by atoms with Crippen LogP contribution in [0.25, 0.3) is 0 Å². The van der Waals surface area contributed by atoms with Crippen molar-refractivity contribution in [2.75, 3.05) is 24.4 Å². The summed E-state index contributed by atoms with van der Waals surface area (Å²) in [7, 11) is 1.55. The average Bonchev–Trinajstić information content (AvgIpc) is 3.11. The van der Waals surface area contributed by atoms with E-state index >= 15 is 0 Å². The van der Waals surface area contributed by atoms with Gasteiger partial charge in [0.25, 0.3) is 5.91 Å². The Kier molecular flexibility index (Phi) is 7.78. The highest BCUT2D eigenvalue weighted by Crippen LogP contribution is 2.34. The van der Waals surface area contributed by atoms with Crippen molar-refractivity contribution in [2.45, 2.75) is 20.3 Å². The van der Waals surface area contributed by atoms with Crippen LogP contribution >= 0.6 is 11.3 Å². The largest absolute Gasteiger partial charge is 0.497 e. The lowest BCUT2D eigenvalue weighted by atomic mass is 10.1. The number of halogens is 1. The number of hydrogen-bond donors (Lipinski definition) is 2. The minimum atomic E-state index is -0.657. The highest BCUT2D eigenvalue weighted by molar-refractivity contribution is 7.18. The van der Waals surface area contributed by atoms with Gasteiger partial charge in [0.15, 0.2) is 0 Å². The molecule has 0 atom stereocenters. The van der Waals surface area contributed by atoms with Crippen molar-refractivity contribution in [1.82, 2.24) is 0 Å². The Balaban J connectivity index is 1.86. The maximum atomic E-state index is 14.0. The second kappa shape index (κ2) is 10.7. The number of carbonyl (C=O) groups excluding carboxylic acids is 3. The van der Waals surface area contributed by atoms with E-state index in [1.54, 1.807) is 51.3 Å².